The van der Waals surface area contributed by atoms with Crippen LogP contribution >= 0.6 is 11.6 Å². The van der Waals surface area contributed by atoms with Crippen molar-refractivity contribution in [1.82, 2.24) is 0 Å². The molecule has 0 heterocycles. The standard InChI is InChI=1S/C11H10ClO/c1-8(12)13-11-7-6-9-4-2-3-5-10(9)11/h2,4-8,11H,1H3. The zero-order valence-corrected chi connectivity index (χ0v) is 8.08. The third-order valence-electron chi connectivity index (χ3n) is 2.02. The van der Waals surface area contributed by atoms with E-state index >= 15 is 0 Å². The van der Waals surface area contributed by atoms with Crippen molar-refractivity contribution in [2.24, 2.45) is 0 Å². The molecule has 0 spiro atoms. The van der Waals surface area contributed by atoms with Gasteiger partial charge < -0.3 is 4.74 Å². The predicted octanol–water partition coefficient (Wildman–Crippen LogP) is 3.16. The van der Waals surface area contributed by atoms with Crippen molar-refractivity contribution >= 4 is 17.7 Å². The van der Waals surface area contributed by atoms with Gasteiger partial charge in [0.1, 0.15) is 11.7 Å². The monoisotopic (exact) mass is 193 g/mol. The van der Waals surface area contributed by atoms with E-state index < -0.39 is 0 Å². The van der Waals surface area contributed by atoms with Crippen molar-refractivity contribution in [2.75, 3.05) is 0 Å². The number of fused-ring (bicyclic) bond motifs is 1. The van der Waals surface area contributed by atoms with Crippen LogP contribution < -0.4 is 0 Å². The predicted molar refractivity (Wildman–Crippen MR) is 53.5 cm³/mol. The molecule has 2 heteroatoms. The lowest BCUT2D eigenvalue weighted by Gasteiger charge is -2.13. The fraction of sp³-hybridized carbons (Fsp3) is 0.273. The van der Waals surface area contributed by atoms with Gasteiger partial charge in [-0.3, -0.25) is 0 Å². The van der Waals surface area contributed by atoms with Crippen LogP contribution in [-0.4, -0.2) is 5.56 Å². The largest absolute Gasteiger partial charge is 0.351 e. The van der Waals surface area contributed by atoms with Crippen molar-refractivity contribution in [2.45, 2.75) is 18.6 Å². The summed E-state index contributed by atoms with van der Waals surface area (Å²) in [6.07, 6.45) is 4.06. The summed E-state index contributed by atoms with van der Waals surface area (Å²) in [5.74, 6) is 0. The number of ether oxygens (including phenoxy) is 1. The molecule has 0 bridgehead atoms. The van der Waals surface area contributed by atoms with Crippen LogP contribution in [0, 0.1) is 6.07 Å². The smallest absolute Gasteiger partial charge is 0.129 e. The van der Waals surface area contributed by atoms with E-state index in [4.69, 9.17) is 16.3 Å². The molecule has 67 valence electrons. The van der Waals surface area contributed by atoms with Gasteiger partial charge in [-0.05, 0) is 30.2 Å². The highest BCUT2D eigenvalue weighted by molar-refractivity contribution is 6.19. The number of rotatable bonds is 2. The van der Waals surface area contributed by atoms with E-state index in [1.165, 1.54) is 5.56 Å². The Labute approximate surface area is 83.0 Å². The second-order valence-electron chi connectivity index (χ2n) is 3.01. The molecular formula is C11H10ClO. The average Bonchev–Trinajstić information content (AvgIpc) is 2.48. The van der Waals surface area contributed by atoms with E-state index in [2.05, 4.69) is 6.07 Å². The normalized spacial score (nSPS) is 21.5. The number of hydrogen-bond acceptors (Lipinski definition) is 1. The molecule has 2 atom stereocenters. The summed E-state index contributed by atoms with van der Waals surface area (Å²) in [4.78, 5) is 0. The quantitative estimate of drug-likeness (QED) is 0.656. The Bertz CT molecular complexity index is 331. The Morgan fingerprint density at radius 1 is 1.62 bits per heavy atom. The van der Waals surface area contributed by atoms with Gasteiger partial charge >= 0.3 is 0 Å². The molecular weight excluding hydrogens is 184 g/mol. The Morgan fingerprint density at radius 2 is 2.46 bits per heavy atom. The Balaban J connectivity index is 2.23. The minimum atomic E-state index is -0.263. The molecule has 0 fully saturated rings. The van der Waals surface area contributed by atoms with Gasteiger partial charge in [-0.2, -0.15) is 0 Å². The lowest BCUT2D eigenvalue weighted by molar-refractivity contribution is 0.0728. The summed E-state index contributed by atoms with van der Waals surface area (Å²) < 4.78 is 5.50. The van der Waals surface area contributed by atoms with Gasteiger partial charge in [-0.1, -0.05) is 35.9 Å². The molecule has 2 unspecified atom stereocenters. The number of hydrogen-bond donors (Lipinski definition) is 0. The van der Waals surface area contributed by atoms with Crippen molar-refractivity contribution in [3.63, 3.8) is 0 Å². The highest BCUT2D eigenvalue weighted by Gasteiger charge is 2.18. The topological polar surface area (TPSA) is 9.23 Å². The van der Waals surface area contributed by atoms with Crippen LogP contribution in [0.15, 0.2) is 24.3 Å². The SMILES string of the molecule is CC(Cl)OC1C=Cc2cc[c]cc21. The van der Waals surface area contributed by atoms with Crippen molar-refractivity contribution < 1.29 is 4.74 Å². The van der Waals surface area contributed by atoms with Gasteiger partial charge in [-0.15, -0.1) is 0 Å². The average molecular weight is 194 g/mol. The van der Waals surface area contributed by atoms with Crippen molar-refractivity contribution in [3.05, 3.63) is 41.5 Å². The fourth-order valence-electron chi connectivity index (χ4n) is 1.47. The molecule has 1 radical (unpaired) electrons. The van der Waals surface area contributed by atoms with E-state index in [-0.39, 0.29) is 11.7 Å². The van der Waals surface area contributed by atoms with Crippen LogP contribution in [-0.2, 0) is 4.74 Å². The number of benzene rings is 1. The first kappa shape index (κ1) is 8.79. The maximum atomic E-state index is 5.76. The van der Waals surface area contributed by atoms with Crippen LogP contribution in [0.5, 0.6) is 0 Å². The van der Waals surface area contributed by atoms with E-state index in [0.29, 0.717) is 0 Å². The fourth-order valence-corrected chi connectivity index (χ4v) is 1.58. The number of alkyl halides is 1. The molecule has 2 rings (SSSR count). The lowest BCUT2D eigenvalue weighted by atomic mass is 10.1. The van der Waals surface area contributed by atoms with Gasteiger partial charge in [0.2, 0.25) is 0 Å². The van der Waals surface area contributed by atoms with Gasteiger partial charge in [0.25, 0.3) is 0 Å². The summed E-state index contributed by atoms with van der Waals surface area (Å²) in [5.41, 5.74) is 2.08. The third kappa shape index (κ3) is 1.77. The second-order valence-corrected chi connectivity index (χ2v) is 3.63. The molecule has 0 saturated heterocycles. The summed E-state index contributed by atoms with van der Waals surface area (Å²) in [6, 6.07) is 8.90. The first-order valence-corrected chi connectivity index (χ1v) is 4.69. The molecule has 0 aliphatic heterocycles. The molecule has 0 aromatic heterocycles. The van der Waals surface area contributed by atoms with Crippen molar-refractivity contribution in [1.29, 1.82) is 0 Å². The maximum absolute atomic E-state index is 5.76. The highest BCUT2D eigenvalue weighted by atomic mass is 35.5. The van der Waals surface area contributed by atoms with Crippen LogP contribution in [0.4, 0.5) is 0 Å². The Morgan fingerprint density at radius 3 is 3.23 bits per heavy atom. The van der Waals surface area contributed by atoms with Gasteiger partial charge in [0.05, 0.1) is 0 Å². The molecule has 1 aliphatic rings. The summed E-state index contributed by atoms with van der Waals surface area (Å²) in [7, 11) is 0. The maximum Gasteiger partial charge on any atom is 0.129 e. The Hall–Kier alpha value is -0.790. The molecule has 13 heavy (non-hydrogen) atoms. The van der Waals surface area contributed by atoms with Gasteiger partial charge in [-0.25, -0.2) is 0 Å². The van der Waals surface area contributed by atoms with Gasteiger partial charge in [0.15, 0.2) is 0 Å². The van der Waals surface area contributed by atoms with E-state index in [1.807, 2.05) is 37.3 Å². The minimum Gasteiger partial charge on any atom is -0.351 e. The summed E-state index contributed by atoms with van der Waals surface area (Å²) in [5, 5.41) is 0. The van der Waals surface area contributed by atoms with Crippen LogP contribution in [0.2, 0.25) is 0 Å². The van der Waals surface area contributed by atoms with E-state index in [9.17, 15) is 0 Å². The van der Waals surface area contributed by atoms with E-state index in [0.717, 1.165) is 5.56 Å². The lowest BCUT2D eigenvalue weighted by Crippen LogP contribution is -2.04. The summed E-state index contributed by atoms with van der Waals surface area (Å²) in [6.45, 7) is 1.82. The van der Waals surface area contributed by atoms with Crippen LogP contribution in [0.1, 0.15) is 24.2 Å². The van der Waals surface area contributed by atoms with Crippen LogP contribution in [0.3, 0.4) is 0 Å². The minimum absolute atomic E-state index is 0.0000463. The van der Waals surface area contributed by atoms with E-state index in [1.54, 1.807) is 0 Å². The first-order chi connectivity index (χ1) is 6.27. The second kappa shape index (κ2) is 3.52. The molecule has 1 aromatic rings. The molecule has 1 aliphatic carbocycles. The zero-order valence-electron chi connectivity index (χ0n) is 7.33. The molecule has 0 amide bonds. The molecule has 1 nitrogen and oxygen atoms in total. The van der Waals surface area contributed by atoms with Crippen molar-refractivity contribution in [3.8, 4) is 0 Å². The van der Waals surface area contributed by atoms with Gasteiger partial charge in [0, 0.05) is 0 Å². The molecule has 1 aromatic carbocycles. The number of halogens is 1. The zero-order chi connectivity index (χ0) is 9.26. The molecule has 0 N–H and O–H groups in total. The Kier molecular flexibility index (Phi) is 2.38. The first-order valence-electron chi connectivity index (χ1n) is 4.25. The third-order valence-corrected chi connectivity index (χ3v) is 2.13. The highest BCUT2D eigenvalue weighted by Crippen LogP contribution is 2.31. The molecule has 0 saturated carbocycles. The summed E-state index contributed by atoms with van der Waals surface area (Å²) >= 11 is 5.76. The van der Waals surface area contributed by atoms with Crippen LogP contribution in [0.25, 0.3) is 6.08 Å².